The lowest BCUT2D eigenvalue weighted by Crippen LogP contribution is -2.35. The van der Waals surface area contributed by atoms with Crippen molar-refractivity contribution in [2.75, 3.05) is 19.5 Å². The van der Waals surface area contributed by atoms with Crippen LogP contribution >= 0.6 is 11.3 Å². The van der Waals surface area contributed by atoms with Gasteiger partial charge in [0.1, 0.15) is 4.88 Å². The van der Waals surface area contributed by atoms with Crippen molar-refractivity contribution in [2.45, 2.75) is 13.0 Å². The van der Waals surface area contributed by atoms with Gasteiger partial charge in [0.05, 0.1) is 17.0 Å². The molecule has 2 heterocycles. The quantitative estimate of drug-likeness (QED) is 0.881. The van der Waals surface area contributed by atoms with Crippen molar-refractivity contribution in [3.8, 4) is 0 Å². The third-order valence-corrected chi connectivity index (χ3v) is 3.69. The van der Waals surface area contributed by atoms with Crippen LogP contribution in [0, 0.1) is 0 Å². The molecule has 5 nitrogen and oxygen atoms in total. The molecule has 2 aromatic heterocycles. The van der Waals surface area contributed by atoms with E-state index in [4.69, 9.17) is 10.5 Å². The molecule has 0 spiro atoms. The lowest BCUT2D eigenvalue weighted by molar-refractivity contribution is 0.0910. The summed E-state index contributed by atoms with van der Waals surface area (Å²) in [4.78, 5) is 16.6. The highest BCUT2D eigenvalue weighted by atomic mass is 32.1. The average molecular weight is 265 g/mol. The molecule has 0 radical (unpaired) electrons. The summed E-state index contributed by atoms with van der Waals surface area (Å²) in [5.41, 5.74) is 6.49. The summed E-state index contributed by atoms with van der Waals surface area (Å²) < 4.78 is 5.89. The highest BCUT2D eigenvalue weighted by molar-refractivity contribution is 7.21. The lowest BCUT2D eigenvalue weighted by atomic mass is 10.2. The minimum absolute atomic E-state index is 0.0507. The Hall–Kier alpha value is -1.66. The van der Waals surface area contributed by atoms with Gasteiger partial charge in [0, 0.05) is 30.9 Å². The summed E-state index contributed by atoms with van der Waals surface area (Å²) in [6, 6.07) is 1.77. The number of nitrogen functional groups attached to an aromatic ring is 1. The Labute approximate surface area is 109 Å². The second-order valence-corrected chi connectivity index (χ2v) is 5.10. The maximum absolute atomic E-state index is 12.1. The Kier molecular flexibility index (Phi) is 3.78. The van der Waals surface area contributed by atoms with Gasteiger partial charge in [0.25, 0.3) is 5.91 Å². The van der Waals surface area contributed by atoms with E-state index >= 15 is 0 Å². The zero-order valence-corrected chi connectivity index (χ0v) is 11.1. The summed E-state index contributed by atoms with van der Waals surface area (Å²) in [6.45, 7) is 2.35. The summed E-state index contributed by atoms with van der Waals surface area (Å²) in [5, 5.41) is 3.72. The Morgan fingerprint density at radius 3 is 3.11 bits per heavy atom. The van der Waals surface area contributed by atoms with E-state index in [2.05, 4.69) is 10.3 Å². The maximum atomic E-state index is 12.1. The van der Waals surface area contributed by atoms with E-state index in [1.807, 2.05) is 13.0 Å². The number of pyridine rings is 1. The van der Waals surface area contributed by atoms with Crippen LogP contribution in [0.15, 0.2) is 18.5 Å². The number of ether oxygens (including phenoxy) is 1. The number of hydrogen-bond acceptors (Lipinski definition) is 5. The van der Waals surface area contributed by atoms with Crippen LogP contribution in [0.25, 0.3) is 10.1 Å². The highest BCUT2D eigenvalue weighted by Crippen LogP contribution is 2.32. The number of carbonyl (C=O) groups is 1. The van der Waals surface area contributed by atoms with Crippen molar-refractivity contribution in [2.24, 2.45) is 0 Å². The molecular formula is C12H15N3O2S. The van der Waals surface area contributed by atoms with Gasteiger partial charge >= 0.3 is 0 Å². The summed E-state index contributed by atoms with van der Waals surface area (Å²) in [6.07, 6.45) is 3.38. The number of nitrogens with one attached hydrogen (secondary N) is 1. The number of aromatic nitrogens is 1. The Morgan fingerprint density at radius 1 is 1.67 bits per heavy atom. The molecule has 1 atom stereocenters. The predicted octanol–water partition coefficient (Wildman–Crippen LogP) is 1.64. The van der Waals surface area contributed by atoms with E-state index in [1.54, 1.807) is 19.5 Å². The minimum Gasteiger partial charge on any atom is -0.397 e. The second kappa shape index (κ2) is 5.32. The minimum atomic E-state index is -0.168. The largest absolute Gasteiger partial charge is 0.397 e. The first kappa shape index (κ1) is 12.8. The number of methoxy groups -OCH3 is 1. The molecular weight excluding hydrogens is 250 g/mol. The molecule has 0 fully saturated rings. The molecule has 0 aromatic carbocycles. The van der Waals surface area contributed by atoms with Crippen LogP contribution in [-0.4, -0.2) is 30.6 Å². The van der Waals surface area contributed by atoms with E-state index in [1.165, 1.54) is 11.3 Å². The Morgan fingerprint density at radius 2 is 2.44 bits per heavy atom. The monoisotopic (exact) mass is 265 g/mol. The van der Waals surface area contributed by atoms with Gasteiger partial charge in [0.15, 0.2) is 0 Å². The van der Waals surface area contributed by atoms with Crippen LogP contribution in [0.4, 0.5) is 5.69 Å². The standard InChI is InChI=1S/C12H15N3O2S/c1-7(6-17-2)15-12(16)11-10(13)8-3-4-14-5-9(8)18-11/h3-5,7H,6,13H2,1-2H3,(H,15,16). The van der Waals surface area contributed by atoms with E-state index in [0.29, 0.717) is 17.2 Å². The van der Waals surface area contributed by atoms with Gasteiger partial charge in [-0.25, -0.2) is 0 Å². The van der Waals surface area contributed by atoms with Crippen molar-refractivity contribution >= 4 is 33.0 Å². The zero-order valence-electron chi connectivity index (χ0n) is 10.3. The number of carbonyl (C=O) groups excluding carboxylic acids is 1. The van der Waals surface area contributed by atoms with Crippen molar-refractivity contribution in [3.05, 3.63) is 23.3 Å². The van der Waals surface area contributed by atoms with Gasteiger partial charge in [0.2, 0.25) is 0 Å². The van der Waals surface area contributed by atoms with Gasteiger partial charge in [-0.3, -0.25) is 9.78 Å². The van der Waals surface area contributed by atoms with E-state index < -0.39 is 0 Å². The third-order valence-electron chi connectivity index (χ3n) is 2.53. The first-order valence-electron chi connectivity index (χ1n) is 5.55. The van der Waals surface area contributed by atoms with Crippen molar-refractivity contribution in [1.29, 1.82) is 0 Å². The van der Waals surface area contributed by atoms with Gasteiger partial charge in [-0.1, -0.05) is 0 Å². The topological polar surface area (TPSA) is 77.2 Å². The summed E-state index contributed by atoms with van der Waals surface area (Å²) >= 11 is 1.35. The molecule has 0 bridgehead atoms. The van der Waals surface area contributed by atoms with Crippen LogP contribution in [0.1, 0.15) is 16.6 Å². The molecule has 3 N–H and O–H groups in total. The first-order chi connectivity index (χ1) is 8.63. The van der Waals surface area contributed by atoms with Crippen molar-refractivity contribution in [3.63, 3.8) is 0 Å². The second-order valence-electron chi connectivity index (χ2n) is 4.05. The fourth-order valence-electron chi connectivity index (χ4n) is 1.72. The van der Waals surface area contributed by atoms with E-state index in [-0.39, 0.29) is 11.9 Å². The van der Waals surface area contributed by atoms with Crippen LogP contribution in [0.3, 0.4) is 0 Å². The van der Waals surface area contributed by atoms with Crippen molar-refractivity contribution < 1.29 is 9.53 Å². The molecule has 2 aromatic rings. The molecule has 96 valence electrons. The first-order valence-corrected chi connectivity index (χ1v) is 6.37. The van der Waals surface area contributed by atoms with Crippen LogP contribution in [0.2, 0.25) is 0 Å². The normalized spacial score (nSPS) is 12.6. The van der Waals surface area contributed by atoms with Crippen LogP contribution in [-0.2, 0) is 4.74 Å². The van der Waals surface area contributed by atoms with Gasteiger partial charge < -0.3 is 15.8 Å². The number of anilines is 1. The summed E-state index contributed by atoms with van der Waals surface area (Å²) in [5.74, 6) is -0.168. The molecule has 0 aliphatic rings. The van der Waals surface area contributed by atoms with Crippen LogP contribution in [0.5, 0.6) is 0 Å². The summed E-state index contributed by atoms with van der Waals surface area (Å²) in [7, 11) is 1.60. The number of hydrogen-bond donors (Lipinski definition) is 2. The number of amides is 1. The number of nitrogens with zero attached hydrogens (tertiary/aromatic N) is 1. The van der Waals surface area contributed by atoms with E-state index in [0.717, 1.165) is 10.1 Å². The highest BCUT2D eigenvalue weighted by Gasteiger charge is 2.17. The molecule has 18 heavy (non-hydrogen) atoms. The molecule has 0 aliphatic heterocycles. The Bertz CT molecular complexity index is 567. The molecule has 1 unspecified atom stereocenters. The van der Waals surface area contributed by atoms with Gasteiger partial charge in [-0.05, 0) is 13.0 Å². The average Bonchev–Trinajstić information content (AvgIpc) is 2.68. The lowest BCUT2D eigenvalue weighted by Gasteiger charge is -2.11. The van der Waals surface area contributed by atoms with Crippen molar-refractivity contribution in [1.82, 2.24) is 10.3 Å². The van der Waals surface area contributed by atoms with Crippen LogP contribution < -0.4 is 11.1 Å². The molecule has 1 amide bonds. The SMILES string of the molecule is COCC(C)NC(=O)c1sc2cnccc2c1N. The maximum Gasteiger partial charge on any atom is 0.263 e. The molecule has 0 saturated carbocycles. The zero-order chi connectivity index (χ0) is 13.1. The molecule has 0 aliphatic carbocycles. The predicted molar refractivity (Wildman–Crippen MR) is 72.8 cm³/mol. The van der Waals surface area contributed by atoms with E-state index in [9.17, 15) is 4.79 Å². The molecule has 0 saturated heterocycles. The molecule has 2 rings (SSSR count). The fraction of sp³-hybridized carbons (Fsp3) is 0.333. The Balaban J connectivity index is 2.25. The van der Waals surface area contributed by atoms with Gasteiger partial charge in [-0.2, -0.15) is 0 Å². The number of rotatable bonds is 4. The number of nitrogens with two attached hydrogens (primary N) is 1. The third kappa shape index (κ3) is 2.44. The smallest absolute Gasteiger partial charge is 0.263 e. The fourth-order valence-corrected chi connectivity index (χ4v) is 2.71. The number of fused-ring (bicyclic) bond motifs is 1. The number of thiophene rings is 1. The van der Waals surface area contributed by atoms with Gasteiger partial charge in [-0.15, -0.1) is 11.3 Å². The molecule has 6 heteroatoms.